The van der Waals surface area contributed by atoms with E-state index in [1.54, 1.807) is 17.9 Å². The van der Waals surface area contributed by atoms with Gasteiger partial charge in [-0.3, -0.25) is 9.59 Å². The highest BCUT2D eigenvalue weighted by atomic mass is 16.5. The van der Waals surface area contributed by atoms with E-state index >= 15 is 0 Å². The summed E-state index contributed by atoms with van der Waals surface area (Å²) in [5, 5.41) is 0. The van der Waals surface area contributed by atoms with Crippen LogP contribution in [0.5, 0.6) is 0 Å². The lowest BCUT2D eigenvalue weighted by molar-refractivity contribution is -0.146. The number of ether oxygens (including phenoxy) is 1. The average Bonchev–Trinajstić information content (AvgIpc) is 2.66. The van der Waals surface area contributed by atoms with Crippen LogP contribution in [-0.2, 0) is 14.3 Å². The Morgan fingerprint density at radius 1 is 1.12 bits per heavy atom. The van der Waals surface area contributed by atoms with Crippen LogP contribution in [0, 0.1) is 12.8 Å². The number of aryl methyl sites for hydroxylation is 1. The summed E-state index contributed by atoms with van der Waals surface area (Å²) in [6.45, 7) is 11.6. The lowest BCUT2D eigenvalue weighted by Crippen LogP contribution is -2.41. The number of rotatable bonds is 10. The van der Waals surface area contributed by atoms with Gasteiger partial charge in [-0.05, 0) is 31.7 Å². The SMILES string of the molecule is CCN(CC)CCN(CC(C)C(=O)OC)C(=O)/C=C/c1ccc(C)cc1. The van der Waals surface area contributed by atoms with E-state index < -0.39 is 0 Å². The van der Waals surface area contributed by atoms with Crippen molar-refractivity contribution >= 4 is 18.0 Å². The van der Waals surface area contributed by atoms with Crippen molar-refractivity contribution < 1.29 is 14.3 Å². The number of methoxy groups -OCH3 is 1. The average molecular weight is 360 g/mol. The van der Waals surface area contributed by atoms with Crippen molar-refractivity contribution in [2.24, 2.45) is 5.92 Å². The van der Waals surface area contributed by atoms with Crippen LogP contribution in [0.4, 0.5) is 0 Å². The second-order valence-corrected chi connectivity index (χ2v) is 6.48. The van der Waals surface area contributed by atoms with E-state index in [0.717, 1.165) is 25.2 Å². The second-order valence-electron chi connectivity index (χ2n) is 6.48. The highest BCUT2D eigenvalue weighted by Gasteiger charge is 2.20. The molecule has 0 aliphatic heterocycles. The molecule has 0 fully saturated rings. The molecular formula is C21H32N2O3. The van der Waals surface area contributed by atoms with Crippen LogP contribution < -0.4 is 0 Å². The smallest absolute Gasteiger partial charge is 0.310 e. The van der Waals surface area contributed by atoms with Crippen LogP contribution in [0.2, 0.25) is 0 Å². The van der Waals surface area contributed by atoms with Gasteiger partial charge in [0.15, 0.2) is 0 Å². The lowest BCUT2D eigenvalue weighted by atomic mass is 10.1. The molecule has 26 heavy (non-hydrogen) atoms. The van der Waals surface area contributed by atoms with Gasteiger partial charge >= 0.3 is 5.97 Å². The molecular weight excluding hydrogens is 328 g/mol. The Labute approximate surface area is 157 Å². The Morgan fingerprint density at radius 3 is 2.27 bits per heavy atom. The first-order valence-electron chi connectivity index (χ1n) is 9.25. The summed E-state index contributed by atoms with van der Waals surface area (Å²) in [5.74, 6) is -0.741. The van der Waals surface area contributed by atoms with Crippen LogP contribution in [0.1, 0.15) is 31.9 Å². The molecule has 0 N–H and O–H groups in total. The fourth-order valence-corrected chi connectivity index (χ4v) is 2.65. The van der Waals surface area contributed by atoms with Gasteiger partial charge < -0.3 is 14.5 Å². The number of benzene rings is 1. The molecule has 0 radical (unpaired) electrons. The molecule has 1 rings (SSSR count). The van der Waals surface area contributed by atoms with Crippen LogP contribution >= 0.6 is 0 Å². The molecule has 5 nitrogen and oxygen atoms in total. The van der Waals surface area contributed by atoms with Gasteiger partial charge in [-0.2, -0.15) is 0 Å². The van der Waals surface area contributed by atoms with Crippen molar-refractivity contribution in [3.8, 4) is 0 Å². The van der Waals surface area contributed by atoms with Crippen LogP contribution in [0.15, 0.2) is 30.3 Å². The molecule has 0 saturated heterocycles. The molecule has 0 spiro atoms. The van der Waals surface area contributed by atoms with Gasteiger partial charge in [0, 0.05) is 25.7 Å². The fourth-order valence-electron chi connectivity index (χ4n) is 2.65. The number of amides is 1. The Bertz CT molecular complexity index is 592. The van der Waals surface area contributed by atoms with Gasteiger partial charge in [0.25, 0.3) is 0 Å². The standard InChI is InChI=1S/C21H32N2O3/c1-6-22(7-2)14-15-23(16-18(4)21(25)26-5)20(24)13-12-19-10-8-17(3)9-11-19/h8-13,18H,6-7,14-16H2,1-5H3/b13-12+. The van der Waals surface area contributed by atoms with Gasteiger partial charge in [0.05, 0.1) is 13.0 Å². The molecule has 1 aromatic carbocycles. The molecule has 0 bridgehead atoms. The Balaban J connectivity index is 2.81. The van der Waals surface area contributed by atoms with E-state index in [0.29, 0.717) is 13.1 Å². The first-order chi connectivity index (χ1) is 12.4. The third-order valence-electron chi connectivity index (χ3n) is 4.49. The predicted octanol–water partition coefficient (Wildman–Crippen LogP) is 2.99. The van der Waals surface area contributed by atoms with Crippen molar-refractivity contribution in [3.63, 3.8) is 0 Å². The minimum absolute atomic E-state index is 0.0894. The van der Waals surface area contributed by atoms with Crippen molar-refractivity contribution in [1.82, 2.24) is 9.80 Å². The number of hydrogen-bond donors (Lipinski definition) is 0. The molecule has 1 amide bonds. The number of hydrogen-bond acceptors (Lipinski definition) is 4. The van der Waals surface area contributed by atoms with Gasteiger partial charge in [0.2, 0.25) is 5.91 Å². The third-order valence-corrected chi connectivity index (χ3v) is 4.49. The fraction of sp³-hybridized carbons (Fsp3) is 0.524. The van der Waals surface area contributed by atoms with Gasteiger partial charge in [-0.1, -0.05) is 50.6 Å². The van der Waals surface area contributed by atoms with Gasteiger partial charge in [-0.25, -0.2) is 0 Å². The predicted molar refractivity (Wildman–Crippen MR) is 106 cm³/mol. The molecule has 0 saturated carbocycles. The molecule has 0 aliphatic rings. The Kier molecular flexibility index (Phi) is 9.66. The van der Waals surface area contributed by atoms with Crippen molar-refractivity contribution in [2.75, 3.05) is 39.8 Å². The minimum Gasteiger partial charge on any atom is -0.469 e. The maximum Gasteiger partial charge on any atom is 0.310 e. The summed E-state index contributed by atoms with van der Waals surface area (Å²) in [5.41, 5.74) is 2.16. The summed E-state index contributed by atoms with van der Waals surface area (Å²) in [6.07, 6.45) is 3.39. The number of carbonyl (C=O) groups excluding carboxylic acids is 2. The van der Waals surface area contributed by atoms with Crippen LogP contribution in [0.3, 0.4) is 0 Å². The number of nitrogens with zero attached hydrogens (tertiary/aromatic N) is 2. The van der Waals surface area contributed by atoms with Crippen molar-refractivity contribution in [2.45, 2.75) is 27.7 Å². The lowest BCUT2D eigenvalue weighted by Gasteiger charge is -2.27. The second kappa shape index (κ2) is 11.5. The molecule has 1 aromatic rings. The van der Waals surface area contributed by atoms with Crippen molar-refractivity contribution in [3.05, 3.63) is 41.5 Å². The van der Waals surface area contributed by atoms with E-state index in [4.69, 9.17) is 4.74 Å². The quantitative estimate of drug-likeness (QED) is 0.475. The van der Waals surface area contributed by atoms with Crippen LogP contribution in [-0.4, -0.2) is 61.5 Å². The van der Waals surface area contributed by atoms with E-state index in [1.807, 2.05) is 37.3 Å². The molecule has 0 aliphatic carbocycles. The zero-order chi connectivity index (χ0) is 19.5. The molecule has 0 aromatic heterocycles. The largest absolute Gasteiger partial charge is 0.469 e. The van der Waals surface area contributed by atoms with E-state index in [1.165, 1.54) is 12.7 Å². The summed E-state index contributed by atoms with van der Waals surface area (Å²) >= 11 is 0. The Hall–Kier alpha value is -2.14. The normalized spacial score (nSPS) is 12.4. The van der Waals surface area contributed by atoms with Crippen molar-refractivity contribution in [1.29, 1.82) is 0 Å². The summed E-state index contributed by atoms with van der Waals surface area (Å²) in [7, 11) is 1.37. The summed E-state index contributed by atoms with van der Waals surface area (Å²) in [4.78, 5) is 28.4. The molecule has 144 valence electrons. The molecule has 0 heterocycles. The minimum atomic E-state index is -0.353. The summed E-state index contributed by atoms with van der Waals surface area (Å²) in [6, 6.07) is 8.00. The highest BCUT2D eigenvalue weighted by molar-refractivity contribution is 5.92. The van der Waals surface area contributed by atoms with E-state index in [-0.39, 0.29) is 17.8 Å². The number of carbonyl (C=O) groups is 2. The first kappa shape index (κ1) is 21.9. The molecule has 1 atom stereocenters. The topological polar surface area (TPSA) is 49.9 Å². The zero-order valence-electron chi connectivity index (χ0n) is 16.7. The zero-order valence-corrected chi connectivity index (χ0v) is 16.7. The third kappa shape index (κ3) is 7.40. The summed E-state index contributed by atoms with van der Waals surface area (Å²) < 4.78 is 4.80. The first-order valence-corrected chi connectivity index (χ1v) is 9.25. The van der Waals surface area contributed by atoms with Gasteiger partial charge in [-0.15, -0.1) is 0 Å². The maximum atomic E-state index is 12.7. The number of likely N-dealkylation sites (N-methyl/N-ethyl adjacent to an activating group) is 1. The number of esters is 1. The monoisotopic (exact) mass is 360 g/mol. The van der Waals surface area contributed by atoms with Gasteiger partial charge in [0.1, 0.15) is 0 Å². The highest BCUT2D eigenvalue weighted by Crippen LogP contribution is 2.08. The van der Waals surface area contributed by atoms with E-state index in [2.05, 4.69) is 18.7 Å². The molecule has 5 heteroatoms. The van der Waals surface area contributed by atoms with E-state index in [9.17, 15) is 9.59 Å². The van der Waals surface area contributed by atoms with Crippen LogP contribution in [0.25, 0.3) is 6.08 Å². The maximum absolute atomic E-state index is 12.7. The molecule has 1 unspecified atom stereocenters. The Morgan fingerprint density at radius 2 is 1.73 bits per heavy atom.